The number of nitrogens with zero attached hydrogens (tertiary/aromatic N) is 1. The van der Waals surface area contributed by atoms with E-state index in [0.717, 1.165) is 6.54 Å². The van der Waals surface area contributed by atoms with Gasteiger partial charge in [0.25, 0.3) is 0 Å². The minimum absolute atomic E-state index is 0.296. The van der Waals surface area contributed by atoms with Gasteiger partial charge in [-0.25, -0.2) is 0 Å². The fourth-order valence-corrected chi connectivity index (χ4v) is 6.19. The Morgan fingerprint density at radius 3 is 2.21 bits per heavy atom. The Morgan fingerprint density at radius 1 is 0.727 bits per heavy atom. The molecule has 1 aliphatic rings. The topological polar surface area (TPSA) is 4.93 Å². The number of unbranched alkanes of at least 4 members (excludes halogenated alkanes) is 5. The van der Waals surface area contributed by atoms with Gasteiger partial charge in [0.2, 0.25) is 6.71 Å². The van der Waals surface area contributed by atoms with Crippen LogP contribution in [0, 0.1) is 20.8 Å². The van der Waals surface area contributed by atoms with Crippen LogP contribution in [0.5, 0.6) is 0 Å². The van der Waals surface area contributed by atoms with Gasteiger partial charge in [0, 0.05) is 23.6 Å². The number of rotatable bonds is 8. The van der Waals surface area contributed by atoms with Crippen LogP contribution in [0.25, 0.3) is 22.0 Å². The maximum Gasteiger partial charge on any atom is 0.245 e. The summed E-state index contributed by atoms with van der Waals surface area (Å²) in [4.78, 5) is 0. The Hall–Kier alpha value is -2.74. The van der Waals surface area contributed by atoms with Gasteiger partial charge in [-0.15, -0.1) is 0 Å². The molecule has 2 heterocycles. The van der Waals surface area contributed by atoms with E-state index in [1.54, 1.807) is 0 Å². The number of hydrogen-bond acceptors (Lipinski definition) is 0. The molecule has 0 radical (unpaired) electrons. The van der Waals surface area contributed by atoms with E-state index in [1.165, 1.54) is 93.6 Å². The van der Waals surface area contributed by atoms with E-state index in [4.69, 9.17) is 0 Å². The Labute approximate surface area is 199 Å². The highest BCUT2D eigenvalue weighted by Gasteiger charge is 2.34. The molecule has 0 bridgehead atoms. The van der Waals surface area contributed by atoms with Gasteiger partial charge >= 0.3 is 0 Å². The third-order valence-corrected chi connectivity index (χ3v) is 7.59. The first-order chi connectivity index (χ1) is 16.1. The molecule has 0 saturated heterocycles. The summed E-state index contributed by atoms with van der Waals surface area (Å²) in [5.74, 6) is 0. The number of hydrogen-bond donors (Lipinski definition) is 0. The molecule has 1 aromatic heterocycles. The van der Waals surface area contributed by atoms with Crippen molar-refractivity contribution in [1.82, 2.24) is 4.57 Å². The molecular formula is C31H36BN. The van der Waals surface area contributed by atoms with E-state index >= 15 is 0 Å². The summed E-state index contributed by atoms with van der Waals surface area (Å²) in [6.45, 7) is 10.5. The Morgan fingerprint density at radius 2 is 1.42 bits per heavy atom. The summed E-state index contributed by atoms with van der Waals surface area (Å²) in [5, 5.41) is 1.46. The summed E-state index contributed by atoms with van der Waals surface area (Å²) in [5.41, 5.74) is 12.8. The first kappa shape index (κ1) is 22.1. The Balaban J connectivity index is 1.62. The molecule has 4 aromatic rings. The van der Waals surface area contributed by atoms with Crippen molar-refractivity contribution in [2.75, 3.05) is 0 Å². The first-order valence-electron chi connectivity index (χ1n) is 12.9. The van der Waals surface area contributed by atoms with E-state index < -0.39 is 0 Å². The molecule has 2 heteroatoms. The fraction of sp³-hybridized carbons (Fsp3) is 0.355. The summed E-state index contributed by atoms with van der Waals surface area (Å²) in [6, 6.07) is 20.7. The molecule has 0 fully saturated rings. The van der Waals surface area contributed by atoms with Gasteiger partial charge in [-0.1, -0.05) is 115 Å². The van der Waals surface area contributed by atoms with Crippen LogP contribution in [0.15, 0.2) is 60.8 Å². The van der Waals surface area contributed by atoms with Gasteiger partial charge in [-0.2, -0.15) is 0 Å². The van der Waals surface area contributed by atoms with E-state index in [0.29, 0.717) is 6.71 Å². The second-order valence-corrected chi connectivity index (χ2v) is 10.1. The zero-order chi connectivity index (χ0) is 22.9. The summed E-state index contributed by atoms with van der Waals surface area (Å²) in [7, 11) is 0. The minimum atomic E-state index is 0.296. The van der Waals surface area contributed by atoms with E-state index in [2.05, 4.69) is 93.1 Å². The second-order valence-electron chi connectivity index (χ2n) is 10.1. The van der Waals surface area contributed by atoms with Crippen molar-refractivity contribution < 1.29 is 0 Å². The van der Waals surface area contributed by atoms with Gasteiger partial charge in [0.1, 0.15) is 0 Å². The lowest BCUT2D eigenvalue weighted by atomic mass is 9.33. The molecule has 0 spiro atoms. The number of fused-ring (bicyclic) bond motifs is 2. The predicted molar refractivity (Wildman–Crippen MR) is 146 cm³/mol. The average molecular weight is 433 g/mol. The molecule has 0 atom stereocenters. The van der Waals surface area contributed by atoms with Crippen molar-refractivity contribution in [3.8, 4) is 11.1 Å². The zero-order valence-corrected chi connectivity index (χ0v) is 20.7. The lowest BCUT2D eigenvalue weighted by molar-refractivity contribution is 0.566. The van der Waals surface area contributed by atoms with E-state index in [-0.39, 0.29) is 0 Å². The van der Waals surface area contributed by atoms with Crippen molar-refractivity contribution in [1.29, 1.82) is 0 Å². The monoisotopic (exact) mass is 433 g/mol. The Bertz CT molecular complexity index is 1270. The van der Waals surface area contributed by atoms with Gasteiger partial charge < -0.3 is 4.57 Å². The predicted octanol–water partition coefficient (Wildman–Crippen LogP) is 6.42. The van der Waals surface area contributed by atoms with Crippen LogP contribution in [0.2, 0.25) is 0 Å². The van der Waals surface area contributed by atoms with Gasteiger partial charge in [0.05, 0.1) is 0 Å². The van der Waals surface area contributed by atoms with Gasteiger partial charge in [0.15, 0.2) is 0 Å². The van der Waals surface area contributed by atoms with E-state index in [9.17, 15) is 0 Å². The number of benzene rings is 3. The lowest BCUT2D eigenvalue weighted by Gasteiger charge is -2.27. The highest BCUT2D eigenvalue weighted by atomic mass is 15.0. The molecule has 1 aliphatic heterocycles. The fourth-order valence-electron chi connectivity index (χ4n) is 6.19. The van der Waals surface area contributed by atoms with Crippen LogP contribution in [0.3, 0.4) is 0 Å². The lowest BCUT2D eigenvalue weighted by Crippen LogP contribution is -2.56. The van der Waals surface area contributed by atoms with Crippen molar-refractivity contribution in [3.05, 3.63) is 77.5 Å². The largest absolute Gasteiger partial charge is 0.348 e. The molecule has 0 unspecified atom stereocenters. The SMILES string of the molecule is CCCCCCCCn1cc2c3c(cccc31)-c1ccccc1B2c1c(C)cc(C)cc1C. The van der Waals surface area contributed by atoms with Crippen LogP contribution in [0.4, 0.5) is 0 Å². The molecular weight excluding hydrogens is 397 g/mol. The number of aryl methyl sites for hydroxylation is 4. The third-order valence-electron chi connectivity index (χ3n) is 7.59. The van der Waals surface area contributed by atoms with Crippen molar-refractivity contribution >= 4 is 34.0 Å². The quantitative estimate of drug-likeness (QED) is 0.196. The Kier molecular flexibility index (Phi) is 6.19. The van der Waals surface area contributed by atoms with Crippen LogP contribution < -0.4 is 16.4 Å². The van der Waals surface area contributed by atoms with Crippen LogP contribution in [-0.2, 0) is 6.54 Å². The maximum absolute atomic E-state index is 2.55. The standard InChI is InChI=1S/C31H36BN/c1-5-6-7-8-9-12-18-33-21-28-30-26(15-13-17-29(30)33)25-14-10-11-16-27(25)32(28)31-23(3)19-22(2)20-24(31)4/h10-11,13-17,19-21H,5-9,12,18H2,1-4H3. The zero-order valence-electron chi connectivity index (χ0n) is 20.7. The smallest absolute Gasteiger partial charge is 0.245 e. The van der Waals surface area contributed by atoms with Crippen molar-refractivity contribution in [3.63, 3.8) is 0 Å². The van der Waals surface area contributed by atoms with Crippen LogP contribution in [-0.4, -0.2) is 11.3 Å². The molecule has 33 heavy (non-hydrogen) atoms. The van der Waals surface area contributed by atoms with E-state index in [1.807, 2.05) is 0 Å². The molecule has 0 amide bonds. The van der Waals surface area contributed by atoms with Gasteiger partial charge in [-0.05, 0) is 49.8 Å². The molecule has 1 nitrogen and oxygen atoms in total. The molecule has 0 saturated carbocycles. The highest BCUT2D eigenvalue weighted by Crippen LogP contribution is 2.32. The van der Waals surface area contributed by atoms with Crippen LogP contribution in [0.1, 0.15) is 62.1 Å². The average Bonchev–Trinajstić information content (AvgIpc) is 3.17. The molecule has 0 N–H and O–H groups in total. The maximum atomic E-state index is 2.55. The van der Waals surface area contributed by atoms with Crippen molar-refractivity contribution in [2.45, 2.75) is 72.8 Å². The molecule has 0 aliphatic carbocycles. The first-order valence-corrected chi connectivity index (χ1v) is 12.9. The third kappa shape index (κ3) is 3.94. The number of aromatic nitrogens is 1. The second kappa shape index (κ2) is 9.25. The minimum Gasteiger partial charge on any atom is -0.348 e. The van der Waals surface area contributed by atoms with Gasteiger partial charge in [-0.3, -0.25) is 0 Å². The summed E-state index contributed by atoms with van der Waals surface area (Å²) in [6.07, 6.45) is 10.5. The van der Waals surface area contributed by atoms with Crippen molar-refractivity contribution in [2.24, 2.45) is 0 Å². The normalized spacial score (nSPS) is 12.4. The van der Waals surface area contributed by atoms with Crippen LogP contribution >= 0.6 is 0 Å². The summed E-state index contributed by atoms with van der Waals surface area (Å²) < 4.78 is 2.55. The molecule has 3 aromatic carbocycles. The highest BCUT2D eigenvalue weighted by molar-refractivity contribution is 6.99. The summed E-state index contributed by atoms with van der Waals surface area (Å²) >= 11 is 0. The molecule has 168 valence electrons. The molecule has 5 rings (SSSR count).